The number of Topliss-reactive ketones (excluding diaryl/α,β-unsaturated/α-hetero) is 2. The standard InChI is InChI=1S/C15H22N2O2/c1-14(2,3)11(13(19)15(4,5)6)12(18)10-7-8-16-9-17-10/h7-9,11H,1-6H3. The van der Waals surface area contributed by atoms with Crippen molar-refractivity contribution in [1.82, 2.24) is 9.97 Å². The topological polar surface area (TPSA) is 59.9 Å². The molecule has 0 aliphatic heterocycles. The average Bonchev–Trinajstić information content (AvgIpc) is 2.27. The number of hydrogen-bond acceptors (Lipinski definition) is 4. The Bertz CT molecular complexity index is 467. The van der Waals surface area contributed by atoms with Crippen LogP contribution in [0.4, 0.5) is 0 Å². The Labute approximate surface area is 114 Å². The maximum atomic E-state index is 12.6. The van der Waals surface area contributed by atoms with E-state index in [0.717, 1.165) is 0 Å². The summed E-state index contributed by atoms with van der Waals surface area (Å²) >= 11 is 0. The third-order valence-electron chi connectivity index (χ3n) is 2.96. The first-order chi connectivity index (χ1) is 8.55. The molecule has 1 rings (SSSR count). The highest BCUT2D eigenvalue weighted by molar-refractivity contribution is 6.11. The van der Waals surface area contributed by atoms with E-state index in [1.807, 2.05) is 41.5 Å². The predicted molar refractivity (Wildman–Crippen MR) is 73.8 cm³/mol. The van der Waals surface area contributed by atoms with Gasteiger partial charge in [-0.15, -0.1) is 0 Å². The summed E-state index contributed by atoms with van der Waals surface area (Å²) in [5, 5.41) is 0. The molecule has 1 unspecified atom stereocenters. The van der Waals surface area contributed by atoms with Gasteiger partial charge >= 0.3 is 0 Å². The normalized spacial score (nSPS) is 14.0. The number of aromatic nitrogens is 2. The lowest BCUT2D eigenvalue weighted by atomic mass is 9.68. The summed E-state index contributed by atoms with van der Waals surface area (Å²) in [6, 6.07) is 1.55. The number of nitrogens with zero attached hydrogens (tertiary/aromatic N) is 2. The Kier molecular flexibility index (Phi) is 4.23. The van der Waals surface area contributed by atoms with Gasteiger partial charge in [-0.25, -0.2) is 9.97 Å². The van der Waals surface area contributed by atoms with Crippen LogP contribution in [0, 0.1) is 16.7 Å². The molecule has 1 atom stereocenters. The van der Waals surface area contributed by atoms with Crippen molar-refractivity contribution in [2.45, 2.75) is 41.5 Å². The molecule has 0 fully saturated rings. The minimum absolute atomic E-state index is 0.0522. The summed E-state index contributed by atoms with van der Waals surface area (Å²) in [6.07, 6.45) is 2.84. The van der Waals surface area contributed by atoms with E-state index in [-0.39, 0.29) is 11.6 Å². The monoisotopic (exact) mass is 262 g/mol. The molecule has 0 amide bonds. The van der Waals surface area contributed by atoms with Gasteiger partial charge in [0.1, 0.15) is 17.8 Å². The van der Waals surface area contributed by atoms with Crippen molar-refractivity contribution < 1.29 is 9.59 Å². The van der Waals surface area contributed by atoms with Crippen LogP contribution in [-0.2, 0) is 4.79 Å². The molecular formula is C15H22N2O2. The lowest BCUT2D eigenvalue weighted by molar-refractivity contribution is -0.131. The minimum atomic E-state index is -0.692. The predicted octanol–water partition coefficient (Wildman–Crippen LogP) is 2.94. The second-order valence-corrected chi connectivity index (χ2v) is 6.87. The average molecular weight is 262 g/mol. The molecule has 0 aliphatic carbocycles. The van der Waals surface area contributed by atoms with Crippen molar-refractivity contribution >= 4 is 11.6 Å². The molecule has 0 aliphatic rings. The number of carbonyl (C=O) groups excluding carboxylic acids is 2. The van der Waals surface area contributed by atoms with Gasteiger partial charge in [-0.05, 0) is 11.5 Å². The van der Waals surface area contributed by atoms with E-state index in [1.165, 1.54) is 12.5 Å². The molecule has 0 bridgehead atoms. The van der Waals surface area contributed by atoms with E-state index in [2.05, 4.69) is 9.97 Å². The largest absolute Gasteiger partial charge is 0.298 e. The van der Waals surface area contributed by atoms with Crippen LogP contribution in [-0.4, -0.2) is 21.5 Å². The van der Waals surface area contributed by atoms with Crippen molar-refractivity contribution in [3.63, 3.8) is 0 Å². The summed E-state index contributed by atoms with van der Waals surface area (Å²) in [7, 11) is 0. The van der Waals surface area contributed by atoms with E-state index in [9.17, 15) is 9.59 Å². The first-order valence-corrected chi connectivity index (χ1v) is 6.39. The Morgan fingerprint density at radius 1 is 1.11 bits per heavy atom. The first-order valence-electron chi connectivity index (χ1n) is 6.39. The first kappa shape index (κ1) is 15.5. The third-order valence-corrected chi connectivity index (χ3v) is 2.96. The van der Waals surface area contributed by atoms with E-state index in [4.69, 9.17) is 0 Å². The van der Waals surface area contributed by atoms with Crippen LogP contribution in [0.15, 0.2) is 18.6 Å². The van der Waals surface area contributed by atoms with Crippen LogP contribution >= 0.6 is 0 Å². The van der Waals surface area contributed by atoms with Crippen LogP contribution < -0.4 is 0 Å². The molecule has 19 heavy (non-hydrogen) atoms. The maximum absolute atomic E-state index is 12.6. The van der Waals surface area contributed by atoms with Gasteiger partial charge in [0.2, 0.25) is 0 Å². The fourth-order valence-electron chi connectivity index (χ4n) is 1.92. The van der Waals surface area contributed by atoms with Crippen molar-refractivity contribution in [3.8, 4) is 0 Å². The van der Waals surface area contributed by atoms with Crippen molar-refractivity contribution in [3.05, 3.63) is 24.3 Å². The molecule has 0 saturated heterocycles. The quantitative estimate of drug-likeness (QED) is 0.620. The summed E-state index contributed by atoms with van der Waals surface area (Å²) < 4.78 is 0. The zero-order valence-electron chi connectivity index (χ0n) is 12.5. The summed E-state index contributed by atoms with van der Waals surface area (Å²) in [5.74, 6) is -0.971. The molecule has 1 aromatic heterocycles. The van der Waals surface area contributed by atoms with E-state index in [0.29, 0.717) is 5.69 Å². The van der Waals surface area contributed by atoms with Gasteiger partial charge in [0, 0.05) is 11.6 Å². The van der Waals surface area contributed by atoms with Gasteiger partial charge in [0.05, 0.1) is 5.92 Å². The van der Waals surface area contributed by atoms with Crippen molar-refractivity contribution in [1.29, 1.82) is 0 Å². The van der Waals surface area contributed by atoms with Gasteiger partial charge in [-0.3, -0.25) is 9.59 Å². The Morgan fingerprint density at radius 2 is 1.68 bits per heavy atom. The van der Waals surface area contributed by atoms with Gasteiger partial charge in [-0.1, -0.05) is 41.5 Å². The number of hydrogen-bond donors (Lipinski definition) is 0. The van der Waals surface area contributed by atoms with Crippen molar-refractivity contribution in [2.75, 3.05) is 0 Å². The zero-order valence-corrected chi connectivity index (χ0v) is 12.5. The lowest BCUT2D eigenvalue weighted by Crippen LogP contribution is -2.41. The van der Waals surface area contributed by atoms with Gasteiger partial charge in [0.15, 0.2) is 5.78 Å². The Balaban J connectivity index is 3.21. The van der Waals surface area contributed by atoms with Crippen LogP contribution in [0.2, 0.25) is 0 Å². The molecule has 0 spiro atoms. The molecule has 104 valence electrons. The van der Waals surface area contributed by atoms with E-state index < -0.39 is 16.7 Å². The highest BCUT2D eigenvalue weighted by Crippen LogP contribution is 2.35. The van der Waals surface area contributed by atoms with Crippen molar-refractivity contribution in [2.24, 2.45) is 16.7 Å². The molecule has 1 aromatic rings. The molecule has 1 heterocycles. The molecule has 0 N–H and O–H groups in total. The second kappa shape index (κ2) is 5.19. The van der Waals surface area contributed by atoms with Crippen LogP contribution in [0.25, 0.3) is 0 Å². The molecular weight excluding hydrogens is 240 g/mol. The molecule has 4 nitrogen and oxygen atoms in total. The number of rotatable bonds is 3. The highest BCUT2D eigenvalue weighted by atomic mass is 16.2. The van der Waals surface area contributed by atoms with E-state index in [1.54, 1.807) is 6.07 Å². The zero-order chi connectivity index (χ0) is 14.8. The molecule has 0 saturated carbocycles. The molecule has 4 heteroatoms. The molecule has 0 radical (unpaired) electrons. The Morgan fingerprint density at radius 3 is 2.05 bits per heavy atom. The number of carbonyl (C=O) groups is 2. The Hall–Kier alpha value is -1.58. The fourth-order valence-corrected chi connectivity index (χ4v) is 1.92. The van der Waals surface area contributed by atoms with Crippen LogP contribution in [0.5, 0.6) is 0 Å². The lowest BCUT2D eigenvalue weighted by Gasteiger charge is -2.32. The van der Waals surface area contributed by atoms with Crippen LogP contribution in [0.3, 0.4) is 0 Å². The van der Waals surface area contributed by atoms with Gasteiger partial charge in [-0.2, -0.15) is 0 Å². The minimum Gasteiger partial charge on any atom is -0.298 e. The molecule has 0 aromatic carbocycles. The third kappa shape index (κ3) is 3.69. The smallest absolute Gasteiger partial charge is 0.192 e. The highest BCUT2D eigenvalue weighted by Gasteiger charge is 2.42. The fraction of sp³-hybridized carbons (Fsp3) is 0.600. The van der Waals surface area contributed by atoms with Gasteiger partial charge < -0.3 is 0 Å². The number of ketones is 2. The summed E-state index contributed by atoms with van der Waals surface area (Å²) in [4.78, 5) is 32.9. The summed E-state index contributed by atoms with van der Waals surface area (Å²) in [6.45, 7) is 11.2. The van der Waals surface area contributed by atoms with E-state index >= 15 is 0 Å². The second-order valence-electron chi connectivity index (χ2n) is 6.87. The SMILES string of the molecule is CC(C)(C)C(=O)C(C(=O)c1ccncn1)C(C)(C)C. The van der Waals surface area contributed by atoms with Gasteiger partial charge in [0.25, 0.3) is 0 Å². The summed E-state index contributed by atoms with van der Waals surface area (Å²) in [5.41, 5.74) is -0.694. The van der Waals surface area contributed by atoms with Crippen LogP contribution in [0.1, 0.15) is 52.0 Å². The maximum Gasteiger partial charge on any atom is 0.192 e.